The van der Waals surface area contributed by atoms with E-state index >= 15 is 0 Å². The van der Waals surface area contributed by atoms with E-state index in [-0.39, 0.29) is 16.2 Å². The van der Waals surface area contributed by atoms with Crippen molar-refractivity contribution in [2.45, 2.75) is 11.6 Å². The molecule has 2 rings (SSSR count). The summed E-state index contributed by atoms with van der Waals surface area (Å²) in [6, 6.07) is 7.50. The monoisotopic (exact) mass is 422 g/mol. The van der Waals surface area contributed by atoms with E-state index in [1.165, 1.54) is 23.1 Å². The van der Waals surface area contributed by atoms with Gasteiger partial charge >= 0.3 is 0 Å². The summed E-state index contributed by atoms with van der Waals surface area (Å²) in [6.45, 7) is 0.263. The first-order valence-corrected chi connectivity index (χ1v) is 8.61. The van der Waals surface area contributed by atoms with E-state index in [0.717, 1.165) is 10.0 Å². The second-order valence-corrected chi connectivity index (χ2v) is 7.83. The van der Waals surface area contributed by atoms with Gasteiger partial charge in [0.15, 0.2) is 4.60 Å². The number of hydrogen-bond acceptors (Lipinski definition) is 4. The van der Waals surface area contributed by atoms with Gasteiger partial charge in [0.1, 0.15) is 0 Å². The fourth-order valence-corrected chi connectivity index (χ4v) is 4.35. The van der Waals surface area contributed by atoms with Crippen molar-refractivity contribution in [2.24, 2.45) is 7.05 Å². The van der Waals surface area contributed by atoms with Gasteiger partial charge in [-0.3, -0.25) is 0 Å². The molecule has 0 amide bonds. The van der Waals surface area contributed by atoms with Crippen molar-refractivity contribution in [3.05, 3.63) is 38.9 Å². The van der Waals surface area contributed by atoms with Gasteiger partial charge in [0.05, 0.1) is 0 Å². The minimum absolute atomic E-state index is 0.0370. The molecule has 20 heavy (non-hydrogen) atoms. The molecule has 0 aliphatic heterocycles. The number of aromatic nitrogens is 3. The van der Waals surface area contributed by atoms with Gasteiger partial charge in [-0.25, -0.2) is 13.1 Å². The topological polar surface area (TPSA) is 68.1 Å². The third-order valence-electron chi connectivity index (χ3n) is 2.69. The Hall–Kier alpha value is -0.770. The summed E-state index contributed by atoms with van der Waals surface area (Å²) < 4.78 is 28.6. The summed E-state index contributed by atoms with van der Waals surface area (Å²) in [5.74, 6) is 0. The zero-order valence-corrected chi connectivity index (χ0v) is 14.8. The highest BCUT2D eigenvalue weighted by atomic mass is 79.9. The van der Waals surface area contributed by atoms with E-state index in [9.17, 15) is 8.42 Å². The molecular formula is C11H12Br2N4O2S. The fraction of sp³-hybridized carbons (Fsp3) is 0.273. The van der Waals surface area contributed by atoms with Crippen LogP contribution in [0.5, 0.6) is 0 Å². The van der Waals surface area contributed by atoms with Crippen LogP contribution in [-0.2, 0) is 23.6 Å². The molecule has 0 N–H and O–H groups in total. The molecular weight excluding hydrogens is 412 g/mol. The Morgan fingerprint density at radius 2 is 2.05 bits per heavy atom. The Kier molecular flexibility index (Phi) is 4.62. The van der Waals surface area contributed by atoms with E-state index in [1.54, 1.807) is 0 Å². The average molecular weight is 424 g/mol. The summed E-state index contributed by atoms with van der Waals surface area (Å²) in [6.07, 6.45) is 0. The lowest BCUT2D eigenvalue weighted by atomic mass is 10.2. The van der Waals surface area contributed by atoms with E-state index in [4.69, 9.17) is 0 Å². The SMILES string of the molecule is CN(Cc1cccc(Br)c1)S(=O)(=O)c1c(Br)nnn1C. The van der Waals surface area contributed by atoms with Crippen LogP contribution < -0.4 is 0 Å². The molecule has 0 unspecified atom stereocenters. The summed E-state index contributed by atoms with van der Waals surface area (Å²) in [5, 5.41) is 7.43. The summed E-state index contributed by atoms with van der Waals surface area (Å²) >= 11 is 6.48. The van der Waals surface area contributed by atoms with E-state index in [0.29, 0.717) is 0 Å². The standard InChI is InChI=1S/C11H12Br2N4O2S/c1-16(7-8-4-3-5-9(12)6-8)20(18,19)11-10(13)14-15-17(11)2/h3-6H,7H2,1-2H3. The zero-order valence-electron chi connectivity index (χ0n) is 10.8. The van der Waals surface area contributed by atoms with Crippen molar-refractivity contribution < 1.29 is 8.42 Å². The third kappa shape index (κ3) is 3.11. The number of rotatable bonds is 4. The first kappa shape index (κ1) is 15.6. The number of hydrogen-bond donors (Lipinski definition) is 0. The Morgan fingerprint density at radius 3 is 2.60 bits per heavy atom. The van der Waals surface area contributed by atoms with Crippen molar-refractivity contribution in [3.8, 4) is 0 Å². The summed E-state index contributed by atoms with van der Waals surface area (Å²) in [7, 11) is -0.596. The molecule has 0 saturated carbocycles. The normalized spacial score (nSPS) is 12.1. The first-order chi connectivity index (χ1) is 9.32. The molecule has 0 fully saturated rings. The second kappa shape index (κ2) is 5.92. The average Bonchev–Trinajstić information content (AvgIpc) is 2.69. The Labute approximate surface area is 134 Å². The van der Waals surface area contributed by atoms with Crippen LogP contribution in [0.2, 0.25) is 0 Å². The molecule has 1 aromatic heterocycles. The van der Waals surface area contributed by atoms with Crippen LogP contribution in [-0.4, -0.2) is 34.8 Å². The molecule has 0 bridgehead atoms. The van der Waals surface area contributed by atoms with Crippen molar-refractivity contribution in [1.29, 1.82) is 0 Å². The van der Waals surface area contributed by atoms with Gasteiger partial charge in [0, 0.05) is 25.1 Å². The molecule has 6 nitrogen and oxygen atoms in total. The van der Waals surface area contributed by atoms with Gasteiger partial charge in [0.2, 0.25) is 5.03 Å². The number of sulfonamides is 1. The maximum atomic E-state index is 12.5. The smallest absolute Gasteiger partial charge is 0.235 e. The van der Waals surface area contributed by atoms with Crippen LogP contribution in [0.4, 0.5) is 0 Å². The molecule has 108 valence electrons. The van der Waals surface area contributed by atoms with Gasteiger partial charge in [-0.1, -0.05) is 33.3 Å². The maximum Gasteiger partial charge on any atom is 0.263 e. The predicted molar refractivity (Wildman–Crippen MR) is 81.5 cm³/mol. The molecule has 1 aromatic carbocycles. The highest BCUT2D eigenvalue weighted by Crippen LogP contribution is 2.23. The van der Waals surface area contributed by atoms with Crippen LogP contribution in [0.15, 0.2) is 38.4 Å². The predicted octanol–water partition coefficient (Wildman–Crippen LogP) is 2.16. The zero-order chi connectivity index (χ0) is 14.9. The Morgan fingerprint density at radius 1 is 1.35 bits per heavy atom. The Bertz CT molecular complexity index is 710. The van der Waals surface area contributed by atoms with Crippen molar-refractivity contribution in [1.82, 2.24) is 19.3 Å². The molecule has 0 aliphatic rings. The third-order valence-corrected chi connectivity index (χ3v) is 5.87. The van der Waals surface area contributed by atoms with Crippen molar-refractivity contribution in [2.75, 3.05) is 7.05 Å². The highest BCUT2D eigenvalue weighted by Gasteiger charge is 2.28. The van der Waals surface area contributed by atoms with Crippen LogP contribution in [0.3, 0.4) is 0 Å². The van der Waals surface area contributed by atoms with E-state index in [2.05, 4.69) is 42.2 Å². The lowest BCUT2D eigenvalue weighted by Crippen LogP contribution is -2.28. The maximum absolute atomic E-state index is 12.5. The van der Waals surface area contributed by atoms with Gasteiger partial charge in [-0.05, 0) is 33.6 Å². The van der Waals surface area contributed by atoms with Gasteiger partial charge in [-0.15, -0.1) is 5.10 Å². The molecule has 0 aliphatic carbocycles. The molecule has 2 aromatic rings. The number of aryl methyl sites for hydroxylation is 1. The van der Waals surface area contributed by atoms with Crippen LogP contribution in [0.1, 0.15) is 5.56 Å². The second-order valence-electron chi connectivity index (χ2n) is 4.20. The van der Waals surface area contributed by atoms with Gasteiger partial charge in [-0.2, -0.15) is 4.31 Å². The van der Waals surface area contributed by atoms with E-state index in [1.807, 2.05) is 24.3 Å². The van der Waals surface area contributed by atoms with Gasteiger partial charge < -0.3 is 0 Å². The van der Waals surface area contributed by atoms with Crippen molar-refractivity contribution >= 4 is 41.9 Å². The first-order valence-electron chi connectivity index (χ1n) is 5.58. The van der Waals surface area contributed by atoms with Gasteiger partial charge in [0.25, 0.3) is 10.0 Å². The Balaban J connectivity index is 2.31. The molecule has 0 spiro atoms. The van der Waals surface area contributed by atoms with Crippen LogP contribution in [0.25, 0.3) is 0 Å². The lowest BCUT2D eigenvalue weighted by molar-refractivity contribution is 0.456. The van der Waals surface area contributed by atoms with Crippen LogP contribution >= 0.6 is 31.9 Å². The molecule has 0 radical (unpaired) electrons. The van der Waals surface area contributed by atoms with Crippen LogP contribution in [0, 0.1) is 0 Å². The minimum atomic E-state index is -3.66. The molecule has 1 heterocycles. The largest absolute Gasteiger partial charge is 0.263 e. The summed E-state index contributed by atoms with van der Waals surface area (Å²) in [4.78, 5) is 0. The number of halogens is 2. The number of nitrogens with zero attached hydrogens (tertiary/aromatic N) is 4. The molecule has 0 saturated heterocycles. The lowest BCUT2D eigenvalue weighted by Gasteiger charge is -2.17. The highest BCUT2D eigenvalue weighted by molar-refractivity contribution is 9.10. The number of benzene rings is 1. The molecule has 0 atom stereocenters. The molecule has 9 heteroatoms. The summed E-state index contributed by atoms with van der Waals surface area (Å²) in [5.41, 5.74) is 0.886. The fourth-order valence-electron chi connectivity index (χ4n) is 1.72. The van der Waals surface area contributed by atoms with E-state index < -0.39 is 10.0 Å². The quantitative estimate of drug-likeness (QED) is 0.755. The van der Waals surface area contributed by atoms with Crippen molar-refractivity contribution in [3.63, 3.8) is 0 Å². The minimum Gasteiger partial charge on any atom is -0.235 e.